The standard InChI is InChI=1S/C18H20FN.ClH/c1-20-12-15-8-7-14-11-16(19)9-10-17(14)18(15)13-5-3-2-4-6-13;/h2-6,9-11,15,18,20H,7-8,12H2,1H3;1H. The van der Waals surface area contributed by atoms with Gasteiger partial charge in [-0.25, -0.2) is 4.39 Å². The number of halogens is 2. The van der Waals surface area contributed by atoms with E-state index in [4.69, 9.17) is 0 Å². The summed E-state index contributed by atoms with van der Waals surface area (Å²) in [5, 5.41) is 3.31. The van der Waals surface area contributed by atoms with Crippen LogP contribution in [-0.4, -0.2) is 13.6 Å². The van der Waals surface area contributed by atoms with Crippen molar-refractivity contribution < 1.29 is 4.39 Å². The van der Waals surface area contributed by atoms with Crippen LogP contribution in [0.4, 0.5) is 4.39 Å². The molecule has 0 amide bonds. The highest BCUT2D eigenvalue weighted by Gasteiger charge is 2.30. The molecule has 2 atom stereocenters. The molecule has 0 radical (unpaired) electrons. The maximum atomic E-state index is 13.5. The second-order valence-electron chi connectivity index (χ2n) is 5.59. The third-order valence-electron chi connectivity index (χ3n) is 4.32. The first kappa shape index (κ1) is 16.0. The number of rotatable bonds is 3. The van der Waals surface area contributed by atoms with Crippen LogP contribution in [0.25, 0.3) is 0 Å². The highest BCUT2D eigenvalue weighted by atomic mass is 35.5. The molecule has 2 aromatic carbocycles. The fourth-order valence-corrected chi connectivity index (χ4v) is 3.45. The van der Waals surface area contributed by atoms with Crippen molar-refractivity contribution in [1.29, 1.82) is 0 Å². The maximum absolute atomic E-state index is 13.5. The molecule has 112 valence electrons. The van der Waals surface area contributed by atoms with Gasteiger partial charge in [0.05, 0.1) is 0 Å². The Morgan fingerprint density at radius 2 is 1.90 bits per heavy atom. The molecule has 1 aliphatic rings. The zero-order valence-corrected chi connectivity index (χ0v) is 13.0. The molecular weight excluding hydrogens is 285 g/mol. The minimum absolute atomic E-state index is 0. The summed E-state index contributed by atoms with van der Waals surface area (Å²) in [6.45, 7) is 0.996. The lowest BCUT2D eigenvalue weighted by atomic mass is 9.72. The summed E-state index contributed by atoms with van der Waals surface area (Å²) in [5.74, 6) is 0.816. The molecule has 3 rings (SSSR count). The predicted octanol–water partition coefficient (Wildman–Crippen LogP) is 4.16. The molecule has 1 N–H and O–H groups in total. The highest BCUT2D eigenvalue weighted by molar-refractivity contribution is 5.85. The summed E-state index contributed by atoms with van der Waals surface area (Å²) in [4.78, 5) is 0. The Morgan fingerprint density at radius 3 is 2.62 bits per heavy atom. The Hall–Kier alpha value is -1.38. The molecule has 2 unspecified atom stereocenters. The van der Waals surface area contributed by atoms with E-state index in [0.717, 1.165) is 19.4 Å². The van der Waals surface area contributed by atoms with Crippen LogP contribution in [-0.2, 0) is 6.42 Å². The average Bonchev–Trinajstić information content (AvgIpc) is 2.48. The Morgan fingerprint density at radius 1 is 1.14 bits per heavy atom. The van der Waals surface area contributed by atoms with E-state index in [-0.39, 0.29) is 18.2 Å². The lowest BCUT2D eigenvalue weighted by molar-refractivity contribution is 0.394. The minimum atomic E-state index is -0.123. The van der Waals surface area contributed by atoms with Crippen molar-refractivity contribution in [2.75, 3.05) is 13.6 Å². The molecule has 0 saturated carbocycles. The second-order valence-corrected chi connectivity index (χ2v) is 5.59. The normalized spacial score (nSPS) is 20.5. The van der Waals surface area contributed by atoms with Gasteiger partial charge in [0.25, 0.3) is 0 Å². The third kappa shape index (κ3) is 3.28. The molecule has 2 aromatic rings. The van der Waals surface area contributed by atoms with Crippen molar-refractivity contribution in [3.63, 3.8) is 0 Å². The lowest BCUT2D eigenvalue weighted by Gasteiger charge is -2.34. The van der Waals surface area contributed by atoms with Gasteiger partial charge in [0.2, 0.25) is 0 Å². The van der Waals surface area contributed by atoms with Gasteiger partial charge in [0.1, 0.15) is 5.82 Å². The molecule has 0 saturated heterocycles. The monoisotopic (exact) mass is 305 g/mol. The second kappa shape index (κ2) is 7.06. The fraction of sp³-hybridized carbons (Fsp3) is 0.333. The molecule has 1 aliphatic carbocycles. The van der Waals surface area contributed by atoms with Crippen LogP contribution in [0.2, 0.25) is 0 Å². The first-order valence-electron chi connectivity index (χ1n) is 7.27. The summed E-state index contributed by atoms with van der Waals surface area (Å²) in [7, 11) is 2.00. The van der Waals surface area contributed by atoms with E-state index in [9.17, 15) is 4.39 Å². The van der Waals surface area contributed by atoms with Gasteiger partial charge >= 0.3 is 0 Å². The molecule has 0 fully saturated rings. The van der Waals surface area contributed by atoms with Gasteiger partial charge in [-0.3, -0.25) is 0 Å². The van der Waals surface area contributed by atoms with Gasteiger partial charge in [0, 0.05) is 5.92 Å². The van der Waals surface area contributed by atoms with Crippen LogP contribution in [0.3, 0.4) is 0 Å². The molecule has 1 nitrogen and oxygen atoms in total. The first-order chi connectivity index (χ1) is 9.79. The first-order valence-corrected chi connectivity index (χ1v) is 7.27. The van der Waals surface area contributed by atoms with Gasteiger partial charge < -0.3 is 5.32 Å². The number of benzene rings is 2. The molecule has 0 aliphatic heterocycles. The molecule has 0 heterocycles. The number of nitrogens with one attached hydrogen (secondary N) is 1. The van der Waals surface area contributed by atoms with Crippen LogP contribution >= 0.6 is 12.4 Å². The average molecular weight is 306 g/mol. The van der Waals surface area contributed by atoms with E-state index in [1.54, 1.807) is 12.1 Å². The van der Waals surface area contributed by atoms with E-state index >= 15 is 0 Å². The molecule has 0 bridgehead atoms. The van der Waals surface area contributed by atoms with Gasteiger partial charge in [-0.2, -0.15) is 0 Å². The Labute approximate surface area is 132 Å². The third-order valence-corrected chi connectivity index (χ3v) is 4.32. The predicted molar refractivity (Wildman–Crippen MR) is 87.7 cm³/mol. The highest BCUT2D eigenvalue weighted by Crippen LogP contribution is 2.40. The van der Waals surface area contributed by atoms with Gasteiger partial charge in [0.15, 0.2) is 0 Å². The van der Waals surface area contributed by atoms with Crippen LogP contribution in [0.1, 0.15) is 29.0 Å². The molecule has 21 heavy (non-hydrogen) atoms. The van der Waals surface area contributed by atoms with Gasteiger partial charge in [-0.05, 0) is 61.2 Å². The number of aryl methyl sites for hydroxylation is 1. The van der Waals surface area contributed by atoms with Crippen molar-refractivity contribution >= 4 is 12.4 Å². The molecule has 0 aromatic heterocycles. The number of hydrogen-bond acceptors (Lipinski definition) is 1. The van der Waals surface area contributed by atoms with Crippen molar-refractivity contribution in [3.05, 3.63) is 71.0 Å². The van der Waals surface area contributed by atoms with Gasteiger partial charge in [-0.15, -0.1) is 12.4 Å². The van der Waals surface area contributed by atoms with Gasteiger partial charge in [-0.1, -0.05) is 36.4 Å². The van der Waals surface area contributed by atoms with E-state index in [2.05, 4.69) is 29.6 Å². The Bertz CT molecular complexity index is 585. The molecule has 3 heteroatoms. The van der Waals surface area contributed by atoms with Crippen LogP contribution in [0, 0.1) is 11.7 Å². The van der Waals surface area contributed by atoms with Crippen molar-refractivity contribution in [2.24, 2.45) is 5.92 Å². The Kier molecular flexibility index (Phi) is 5.38. The van der Waals surface area contributed by atoms with E-state index < -0.39 is 0 Å². The summed E-state index contributed by atoms with van der Waals surface area (Å²) in [5.41, 5.74) is 3.80. The van der Waals surface area contributed by atoms with Crippen LogP contribution in [0.5, 0.6) is 0 Å². The van der Waals surface area contributed by atoms with E-state index in [1.807, 2.05) is 19.2 Å². The SMILES string of the molecule is CNCC1CCc2cc(F)ccc2C1c1ccccc1.Cl. The summed E-state index contributed by atoms with van der Waals surface area (Å²) < 4.78 is 13.5. The topological polar surface area (TPSA) is 12.0 Å². The number of hydrogen-bond donors (Lipinski definition) is 1. The summed E-state index contributed by atoms with van der Waals surface area (Å²) in [6.07, 6.45) is 2.08. The summed E-state index contributed by atoms with van der Waals surface area (Å²) in [6, 6.07) is 15.9. The molecule has 0 spiro atoms. The zero-order valence-electron chi connectivity index (χ0n) is 12.2. The minimum Gasteiger partial charge on any atom is -0.319 e. The maximum Gasteiger partial charge on any atom is 0.123 e. The summed E-state index contributed by atoms with van der Waals surface area (Å²) >= 11 is 0. The smallest absolute Gasteiger partial charge is 0.123 e. The quantitative estimate of drug-likeness (QED) is 0.898. The zero-order chi connectivity index (χ0) is 13.9. The van der Waals surface area contributed by atoms with E-state index in [0.29, 0.717) is 11.8 Å². The fourth-order valence-electron chi connectivity index (χ4n) is 3.45. The van der Waals surface area contributed by atoms with Crippen LogP contribution in [0.15, 0.2) is 48.5 Å². The largest absolute Gasteiger partial charge is 0.319 e. The number of fused-ring (bicyclic) bond motifs is 1. The van der Waals surface area contributed by atoms with Crippen LogP contribution < -0.4 is 5.32 Å². The van der Waals surface area contributed by atoms with Crippen molar-refractivity contribution in [2.45, 2.75) is 18.8 Å². The molecular formula is C18H21ClFN. The van der Waals surface area contributed by atoms with Crippen molar-refractivity contribution in [1.82, 2.24) is 5.32 Å². The van der Waals surface area contributed by atoms with E-state index in [1.165, 1.54) is 16.7 Å². The lowest BCUT2D eigenvalue weighted by Crippen LogP contribution is -2.29. The van der Waals surface area contributed by atoms with Crippen molar-refractivity contribution in [3.8, 4) is 0 Å². The Balaban J connectivity index is 0.00000161.